The van der Waals surface area contributed by atoms with Crippen molar-refractivity contribution in [2.45, 2.75) is 6.92 Å². The lowest BCUT2D eigenvalue weighted by Crippen LogP contribution is -2.49. The van der Waals surface area contributed by atoms with E-state index in [4.69, 9.17) is 10.5 Å². The molecule has 126 valence electrons. The predicted molar refractivity (Wildman–Crippen MR) is 96.7 cm³/mol. The molecule has 2 aromatic rings. The van der Waals surface area contributed by atoms with Crippen molar-refractivity contribution in [3.63, 3.8) is 0 Å². The topological polar surface area (TPSA) is 58.8 Å². The number of nitrogens with zero attached hydrogens (tertiary/aromatic N) is 2. The third-order valence-electron chi connectivity index (χ3n) is 4.48. The molecular formula is C19H23N3O2. The first kappa shape index (κ1) is 16.2. The van der Waals surface area contributed by atoms with Gasteiger partial charge in [-0.2, -0.15) is 0 Å². The predicted octanol–water partition coefficient (Wildman–Crippen LogP) is 2.55. The number of carbonyl (C=O) groups excluding carboxylic acids is 1. The van der Waals surface area contributed by atoms with Crippen molar-refractivity contribution in [1.29, 1.82) is 0 Å². The first-order chi connectivity index (χ1) is 11.6. The molecule has 2 N–H and O–H groups in total. The van der Waals surface area contributed by atoms with E-state index in [1.807, 2.05) is 42.2 Å². The van der Waals surface area contributed by atoms with Crippen molar-refractivity contribution in [1.82, 2.24) is 4.90 Å². The average molecular weight is 325 g/mol. The summed E-state index contributed by atoms with van der Waals surface area (Å²) in [6.45, 7) is 4.88. The summed E-state index contributed by atoms with van der Waals surface area (Å²) in [5.41, 5.74) is 9.18. The Kier molecular flexibility index (Phi) is 4.60. The van der Waals surface area contributed by atoms with Gasteiger partial charge in [0.25, 0.3) is 5.91 Å². The fourth-order valence-electron chi connectivity index (χ4n) is 3.08. The Morgan fingerprint density at radius 2 is 1.79 bits per heavy atom. The zero-order chi connectivity index (χ0) is 17.1. The Bertz CT molecular complexity index is 737. The smallest absolute Gasteiger partial charge is 0.254 e. The fraction of sp³-hybridized carbons (Fsp3) is 0.316. The maximum absolute atomic E-state index is 12.8. The summed E-state index contributed by atoms with van der Waals surface area (Å²) in [6.07, 6.45) is 0. The van der Waals surface area contributed by atoms with Gasteiger partial charge in [-0.25, -0.2) is 0 Å². The van der Waals surface area contributed by atoms with E-state index in [9.17, 15) is 4.79 Å². The number of nitrogen functional groups attached to an aromatic ring is 1. The molecule has 0 atom stereocenters. The maximum atomic E-state index is 12.8. The van der Waals surface area contributed by atoms with Gasteiger partial charge in [0.05, 0.1) is 12.8 Å². The molecule has 0 aromatic heterocycles. The van der Waals surface area contributed by atoms with Gasteiger partial charge in [0.2, 0.25) is 0 Å². The molecule has 1 aliphatic rings. The Balaban J connectivity index is 1.71. The lowest BCUT2D eigenvalue weighted by atomic mass is 10.1. The quantitative estimate of drug-likeness (QED) is 0.881. The van der Waals surface area contributed by atoms with Crippen molar-refractivity contribution in [2.24, 2.45) is 0 Å². The molecule has 0 aliphatic carbocycles. The molecule has 0 spiro atoms. The second-order valence-electron chi connectivity index (χ2n) is 6.03. The van der Waals surface area contributed by atoms with Gasteiger partial charge in [-0.1, -0.05) is 18.2 Å². The molecule has 5 nitrogen and oxygen atoms in total. The summed E-state index contributed by atoms with van der Waals surface area (Å²) in [6, 6.07) is 13.5. The minimum absolute atomic E-state index is 0.0551. The van der Waals surface area contributed by atoms with Gasteiger partial charge in [-0.15, -0.1) is 0 Å². The molecular weight excluding hydrogens is 302 g/mol. The zero-order valence-electron chi connectivity index (χ0n) is 14.2. The summed E-state index contributed by atoms with van der Waals surface area (Å²) in [5.74, 6) is 0.920. The number of piperazine rings is 1. The van der Waals surface area contributed by atoms with E-state index in [1.54, 1.807) is 13.2 Å². The molecule has 1 fully saturated rings. The van der Waals surface area contributed by atoms with E-state index in [0.717, 1.165) is 30.1 Å². The number of hydrogen-bond donors (Lipinski definition) is 1. The van der Waals surface area contributed by atoms with Crippen molar-refractivity contribution in [3.05, 3.63) is 53.6 Å². The minimum atomic E-state index is 0.0551. The Morgan fingerprint density at radius 1 is 1.08 bits per heavy atom. The number of rotatable bonds is 3. The minimum Gasteiger partial charge on any atom is -0.495 e. The Labute approximate surface area is 142 Å². The van der Waals surface area contributed by atoms with Crippen molar-refractivity contribution in [3.8, 4) is 5.75 Å². The van der Waals surface area contributed by atoms with Crippen molar-refractivity contribution >= 4 is 17.3 Å². The molecule has 1 saturated heterocycles. The standard InChI is InChI=1S/C19H23N3O2/c1-14-7-8-15(20)13-16(14)19(23)22-11-9-21(10-12-22)17-5-3-4-6-18(17)24-2/h3-8,13H,9-12,20H2,1-2H3. The van der Waals surface area contributed by atoms with Crippen LogP contribution >= 0.6 is 0 Å². The summed E-state index contributed by atoms with van der Waals surface area (Å²) >= 11 is 0. The summed E-state index contributed by atoms with van der Waals surface area (Å²) in [4.78, 5) is 16.9. The van der Waals surface area contributed by atoms with Crippen LogP contribution in [0.3, 0.4) is 0 Å². The molecule has 1 heterocycles. The molecule has 0 radical (unpaired) electrons. The monoisotopic (exact) mass is 325 g/mol. The molecule has 5 heteroatoms. The number of anilines is 2. The highest BCUT2D eigenvalue weighted by Gasteiger charge is 2.24. The molecule has 0 saturated carbocycles. The third kappa shape index (κ3) is 3.15. The highest BCUT2D eigenvalue weighted by atomic mass is 16.5. The van der Waals surface area contributed by atoms with Gasteiger partial charge in [0, 0.05) is 37.4 Å². The second-order valence-corrected chi connectivity index (χ2v) is 6.03. The first-order valence-electron chi connectivity index (χ1n) is 8.13. The number of aryl methyl sites for hydroxylation is 1. The van der Waals surface area contributed by atoms with Crippen LogP contribution in [0.2, 0.25) is 0 Å². The fourth-order valence-corrected chi connectivity index (χ4v) is 3.08. The lowest BCUT2D eigenvalue weighted by Gasteiger charge is -2.36. The number of ether oxygens (including phenoxy) is 1. The molecule has 2 aromatic carbocycles. The van der Waals surface area contributed by atoms with Gasteiger partial charge in [-0.3, -0.25) is 4.79 Å². The van der Waals surface area contributed by atoms with Crippen LogP contribution in [-0.2, 0) is 0 Å². The average Bonchev–Trinajstić information content (AvgIpc) is 2.63. The molecule has 24 heavy (non-hydrogen) atoms. The number of methoxy groups -OCH3 is 1. The molecule has 0 bridgehead atoms. The van der Waals surface area contributed by atoms with Crippen LogP contribution in [-0.4, -0.2) is 44.1 Å². The van der Waals surface area contributed by atoms with Crippen LogP contribution < -0.4 is 15.4 Å². The third-order valence-corrected chi connectivity index (χ3v) is 4.48. The largest absolute Gasteiger partial charge is 0.495 e. The highest BCUT2D eigenvalue weighted by Crippen LogP contribution is 2.28. The van der Waals surface area contributed by atoms with Crippen molar-refractivity contribution < 1.29 is 9.53 Å². The second kappa shape index (κ2) is 6.83. The van der Waals surface area contributed by atoms with Crippen LogP contribution in [0.5, 0.6) is 5.75 Å². The molecule has 3 rings (SSSR count). The van der Waals surface area contributed by atoms with Gasteiger partial charge >= 0.3 is 0 Å². The van der Waals surface area contributed by atoms with Crippen molar-refractivity contribution in [2.75, 3.05) is 43.9 Å². The van der Waals surface area contributed by atoms with Gasteiger partial charge in [0.15, 0.2) is 0 Å². The van der Waals surface area contributed by atoms with Crippen LogP contribution in [0.1, 0.15) is 15.9 Å². The van der Waals surface area contributed by atoms with Crippen LogP contribution in [0.4, 0.5) is 11.4 Å². The Hall–Kier alpha value is -2.69. The van der Waals surface area contributed by atoms with E-state index in [-0.39, 0.29) is 5.91 Å². The van der Waals surface area contributed by atoms with E-state index in [2.05, 4.69) is 11.0 Å². The zero-order valence-corrected chi connectivity index (χ0v) is 14.2. The molecule has 1 aliphatic heterocycles. The highest BCUT2D eigenvalue weighted by molar-refractivity contribution is 5.96. The normalized spacial score (nSPS) is 14.6. The van der Waals surface area contributed by atoms with Crippen LogP contribution in [0.25, 0.3) is 0 Å². The number of benzene rings is 2. The van der Waals surface area contributed by atoms with E-state index < -0.39 is 0 Å². The SMILES string of the molecule is COc1ccccc1N1CCN(C(=O)c2cc(N)ccc2C)CC1. The number of hydrogen-bond acceptors (Lipinski definition) is 4. The number of amides is 1. The number of para-hydroxylation sites is 2. The Morgan fingerprint density at radius 3 is 2.50 bits per heavy atom. The van der Waals surface area contributed by atoms with Gasteiger partial charge in [-0.05, 0) is 36.8 Å². The van der Waals surface area contributed by atoms with Crippen LogP contribution in [0, 0.1) is 6.92 Å². The molecule has 0 unspecified atom stereocenters. The van der Waals surface area contributed by atoms with Gasteiger partial charge < -0.3 is 20.3 Å². The summed E-state index contributed by atoms with van der Waals surface area (Å²) in [7, 11) is 1.68. The van der Waals surface area contributed by atoms with Gasteiger partial charge in [0.1, 0.15) is 5.75 Å². The lowest BCUT2D eigenvalue weighted by molar-refractivity contribution is 0.0746. The van der Waals surface area contributed by atoms with E-state index in [1.165, 1.54) is 0 Å². The summed E-state index contributed by atoms with van der Waals surface area (Å²) in [5, 5.41) is 0. The molecule has 1 amide bonds. The maximum Gasteiger partial charge on any atom is 0.254 e. The van der Waals surface area contributed by atoms with Crippen LogP contribution in [0.15, 0.2) is 42.5 Å². The van der Waals surface area contributed by atoms with E-state index >= 15 is 0 Å². The number of nitrogens with two attached hydrogens (primary N) is 1. The first-order valence-corrected chi connectivity index (χ1v) is 8.13. The number of carbonyl (C=O) groups is 1. The van der Waals surface area contributed by atoms with E-state index in [0.29, 0.717) is 24.3 Å². The summed E-state index contributed by atoms with van der Waals surface area (Å²) < 4.78 is 5.43.